The molecule has 1 fully saturated rings. The Hall–Kier alpha value is -1.84. The monoisotopic (exact) mass is 1010 g/mol. The SMILES string of the molecule is CCCCCCCCCCCCCCCC(=O)SCCNC(=O)CCNC(=O)[C@H](O)C(C)(C)COP(=O)(O)OP(=O)(O)OC[C@H]1O[C@@H](n2cnc3c(N)ncnc32)[C@H](O)[C@@H]1OP(=O)([O-])O.[Li+]. The van der Waals surface area contributed by atoms with Crippen molar-refractivity contribution in [3.05, 3.63) is 12.7 Å². The third-order valence-corrected chi connectivity index (χ3v) is 14.3. The van der Waals surface area contributed by atoms with E-state index in [1.165, 1.54) is 78.1 Å². The van der Waals surface area contributed by atoms with Crippen molar-refractivity contribution in [3.8, 4) is 0 Å². The van der Waals surface area contributed by atoms with Crippen molar-refractivity contribution in [1.82, 2.24) is 30.2 Å². The molecule has 0 bridgehead atoms. The number of nitrogens with one attached hydrogen (secondary N) is 2. The normalized spacial score (nSPS) is 20.7. The zero-order chi connectivity index (χ0) is 48.3. The molecule has 0 spiro atoms. The summed E-state index contributed by atoms with van der Waals surface area (Å²) in [6.07, 6.45) is 9.31. The summed E-state index contributed by atoms with van der Waals surface area (Å²) < 4.78 is 62.1. The molecule has 24 nitrogen and oxygen atoms in total. The summed E-state index contributed by atoms with van der Waals surface area (Å²) in [4.78, 5) is 90.3. The first-order chi connectivity index (χ1) is 30.6. The van der Waals surface area contributed by atoms with Crippen LogP contribution in [0.15, 0.2) is 12.7 Å². The number of hydrogen-bond donors (Lipinski definition) is 8. The summed E-state index contributed by atoms with van der Waals surface area (Å²) in [5, 5.41) is 26.6. The molecule has 0 saturated carbocycles. The first-order valence-corrected chi connectivity index (χ1v) is 27.1. The summed E-state index contributed by atoms with van der Waals surface area (Å²) in [5.74, 6) is -1.04. The number of phosphoric ester groups is 3. The number of amides is 2. The van der Waals surface area contributed by atoms with Crippen LogP contribution >= 0.6 is 35.2 Å². The second-order valence-corrected chi connectivity index (χ2v) is 21.6. The molecule has 0 aromatic carbocycles. The van der Waals surface area contributed by atoms with Crippen molar-refractivity contribution in [3.63, 3.8) is 0 Å². The molecule has 3 unspecified atom stereocenters. The van der Waals surface area contributed by atoms with E-state index >= 15 is 0 Å². The van der Waals surface area contributed by atoms with Gasteiger partial charge in [0.25, 0.3) is 7.82 Å². The van der Waals surface area contributed by atoms with Crippen LogP contribution in [0.5, 0.6) is 0 Å². The maximum absolute atomic E-state index is 12.7. The maximum Gasteiger partial charge on any atom is 1.00 e. The Labute approximate surface area is 400 Å². The molecule has 1 saturated heterocycles. The van der Waals surface area contributed by atoms with Gasteiger partial charge in [-0.3, -0.25) is 32.6 Å². The third kappa shape index (κ3) is 21.8. The molecule has 2 amide bonds. The molecule has 0 aliphatic carbocycles. The minimum absolute atomic E-state index is 0. The molecule has 2 aromatic heterocycles. The number of ether oxygens (including phenoxy) is 1. The Balaban J connectivity index is 0.0000150. The number of hydrogen-bond acceptors (Lipinski definition) is 19. The topological polar surface area (TPSA) is 366 Å². The van der Waals surface area contributed by atoms with Crippen molar-refractivity contribution >= 4 is 69.1 Å². The van der Waals surface area contributed by atoms with Crippen LogP contribution in [-0.2, 0) is 50.7 Å². The van der Waals surface area contributed by atoms with Gasteiger partial charge in [0.1, 0.15) is 36.3 Å². The van der Waals surface area contributed by atoms with E-state index in [4.69, 9.17) is 19.5 Å². The Bertz CT molecular complexity index is 1970. The second-order valence-electron chi connectivity index (χ2n) is 16.3. The van der Waals surface area contributed by atoms with E-state index in [9.17, 15) is 57.9 Å². The van der Waals surface area contributed by atoms with Gasteiger partial charge in [0.05, 0.1) is 19.5 Å². The van der Waals surface area contributed by atoms with Gasteiger partial charge in [0, 0.05) is 37.1 Å². The number of rotatable bonds is 33. The molecule has 1 aliphatic rings. The minimum atomic E-state index is -5.59. The number of nitrogen functional groups attached to an aromatic ring is 1. The van der Waals surface area contributed by atoms with Crippen LogP contribution in [0.25, 0.3) is 11.2 Å². The van der Waals surface area contributed by atoms with Crippen LogP contribution in [0, 0.1) is 5.41 Å². The molecule has 3 rings (SSSR count). The summed E-state index contributed by atoms with van der Waals surface area (Å²) in [6, 6.07) is 0. The Morgan fingerprint density at radius 2 is 1.50 bits per heavy atom. The number of phosphoric acid groups is 3. The van der Waals surface area contributed by atoms with Crippen molar-refractivity contribution in [2.45, 2.75) is 148 Å². The average Bonchev–Trinajstić information content (AvgIpc) is 3.79. The third-order valence-electron chi connectivity index (χ3n) is 10.2. The number of nitrogens with zero attached hydrogens (tertiary/aromatic N) is 4. The van der Waals surface area contributed by atoms with E-state index in [1.807, 2.05) is 0 Å². The quantitative estimate of drug-likeness (QED) is 0.0274. The molecule has 0 radical (unpaired) electrons. The number of aliphatic hydroxyl groups excluding tert-OH is 2. The van der Waals surface area contributed by atoms with Gasteiger partial charge in [0.15, 0.2) is 22.8 Å². The summed E-state index contributed by atoms with van der Waals surface area (Å²) >= 11 is 1.15. The van der Waals surface area contributed by atoms with E-state index in [1.54, 1.807) is 0 Å². The molecule has 3 heterocycles. The number of nitrogens with two attached hydrogens (primary N) is 1. The van der Waals surface area contributed by atoms with Crippen molar-refractivity contribution in [1.29, 1.82) is 0 Å². The predicted octanol–water partition coefficient (Wildman–Crippen LogP) is 0.518. The zero-order valence-electron chi connectivity index (χ0n) is 37.9. The fourth-order valence-electron chi connectivity index (χ4n) is 6.65. The minimum Gasteiger partial charge on any atom is -0.756 e. The summed E-state index contributed by atoms with van der Waals surface area (Å²) in [5.41, 5.74) is 4.25. The van der Waals surface area contributed by atoms with Crippen LogP contribution in [0.4, 0.5) is 5.82 Å². The fraction of sp³-hybridized carbons (Fsp3) is 0.784. The van der Waals surface area contributed by atoms with E-state index in [-0.39, 0.29) is 60.5 Å². The summed E-state index contributed by atoms with van der Waals surface area (Å²) in [6.45, 7) is 2.76. The van der Waals surface area contributed by atoms with Gasteiger partial charge in [-0.05, 0) is 6.42 Å². The molecule has 29 heteroatoms. The Morgan fingerprint density at radius 1 is 0.909 bits per heavy atom. The van der Waals surface area contributed by atoms with Gasteiger partial charge >= 0.3 is 34.5 Å². The van der Waals surface area contributed by atoms with E-state index < -0.39 is 84.6 Å². The second kappa shape index (κ2) is 29.4. The van der Waals surface area contributed by atoms with Crippen LogP contribution in [-0.4, -0.2) is 118 Å². The van der Waals surface area contributed by atoms with Crippen molar-refractivity contribution in [2.24, 2.45) is 5.41 Å². The standard InChI is InChI=1S/C37H66N7O17P3S.Li/c1-4-5-6-7-8-9-10-11-12-13-14-15-16-17-28(46)65-21-20-39-27(45)18-19-40-35(49)32(48)37(2,3)23-58-64(55,56)61-63(53,54)57-22-26-31(60-62(50,51)52)30(47)36(59-26)44-25-43-29-33(38)41-24-42-34(29)44;/h24-26,30-32,36,47-48H,4-23H2,1-3H3,(H,39,45)(H,40,49)(H,53,54)(H,55,56)(H2,38,41,42)(H2,50,51,52);/q;+1/p-1/t26-,30-,31-,32+,36-;/m1./s1. The number of fused-ring (bicyclic) bond motifs is 1. The number of unbranched alkanes of at least 4 members (excludes halogenated alkanes) is 12. The Morgan fingerprint density at radius 3 is 2.11 bits per heavy atom. The van der Waals surface area contributed by atoms with Crippen LogP contribution in [0.1, 0.15) is 123 Å². The number of aliphatic hydroxyl groups is 2. The van der Waals surface area contributed by atoms with Crippen LogP contribution < -0.4 is 40.1 Å². The van der Waals surface area contributed by atoms with Crippen molar-refractivity contribution in [2.75, 3.05) is 37.8 Å². The number of anilines is 1. The summed E-state index contributed by atoms with van der Waals surface area (Å²) in [7, 11) is -16.7. The van der Waals surface area contributed by atoms with Gasteiger partial charge in [-0.25, -0.2) is 24.1 Å². The fourth-order valence-corrected chi connectivity index (χ4v) is 10.2. The van der Waals surface area contributed by atoms with Crippen molar-refractivity contribution < 1.29 is 99.3 Å². The first kappa shape index (κ1) is 60.3. The maximum atomic E-state index is 12.7. The molecule has 8 atom stereocenters. The number of thioether (sulfide) groups is 1. The van der Waals surface area contributed by atoms with Gasteiger partial charge in [-0.2, -0.15) is 4.31 Å². The molecule has 2 aromatic rings. The van der Waals surface area contributed by atoms with Gasteiger partial charge < -0.3 is 55.4 Å². The molecule has 1 aliphatic heterocycles. The molecule has 372 valence electrons. The van der Waals surface area contributed by atoms with Crippen LogP contribution in [0.2, 0.25) is 0 Å². The van der Waals surface area contributed by atoms with Crippen LogP contribution in [0.3, 0.4) is 0 Å². The van der Waals surface area contributed by atoms with E-state index in [2.05, 4.69) is 41.3 Å². The van der Waals surface area contributed by atoms with E-state index in [0.717, 1.165) is 48.2 Å². The molecular weight excluding hydrogens is 946 g/mol. The number of aromatic nitrogens is 4. The largest absolute Gasteiger partial charge is 1.00 e. The number of carbonyl (C=O) groups is 3. The first-order valence-electron chi connectivity index (χ1n) is 21.6. The van der Waals surface area contributed by atoms with Gasteiger partial charge in [-0.15, -0.1) is 0 Å². The average molecular weight is 1010 g/mol. The predicted molar refractivity (Wildman–Crippen MR) is 235 cm³/mol. The molecule has 66 heavy (non-hydrogen) atoms. The smallest absolute Gasteiger partial charge is 0.756 e. The Kier molecular flexibility index (Phi) is 26.8. The van der Waals surface area contributed by atoms with Gasteiger partial charge in [-0.1, -0.05) is 110 Å². The molecule has 9 N–H and O–H groups in total. The van der Waals surface area contributed by atoms with Gasteiger partial charge in [0.2, 0.25) is 11.8 Å². The van der Waals surface area contributed by atoms with E-state index in [0.29, 0.717) is 12.2 Å². The zero-order valence-corrected chi connectivity index (χ0v) is 41.4. The number of carbonyl (C=O) groups excluding carboxylic acids is 3. The number of imidazole rings is 1. The molecular formula is C37H65LiN7O17P3S.